The van der Waals surface area contributed by atoms with Gasteiger partial charge in [0.15, 0.2) is 9.84 Å². The Labute approximate surface area is 116 Å². The minimum Gasteiger partial charge on any atom is -0.315 e. The van der Waals surface area contributed by atoms with Gasteiger partial charge in [0.1, 0.15) is 5.82 Å². The minimum absolute atomic E-state index is 0.197. The van der Waals surface area contributed by atoms with Gasteiger partial charge in [0, 0.05) is 12.3 Å². The van der Waals surface area contributed by atoms with E-state index in [0.29, 0.717) is 10.9 Å². The number of hydrogen-bond acceptors (Lipinski definition) is 3. The molecule has 18 heavy (non-hydrogen) atoms. The molecule has 0 bridgehead atoms. The number of nitrogens with one attached hydrogen (secondary N) is 1. The number of rotatable bonds is 5. The van der Waals surface area contributed by atoms with Crippen LogP contribution in [-0.2, 0) is 16.3 Å². The normalized spacial score (nSPS) is 15.4. The van der Waals surface area contributed by atoms with Gasteiger partial charge in [0.05, 0.1) is 9.72 Å². The van der Waals surface area contributed by atoms with Crippen LogP contribution in [-0.4, -0.2) is 33.0 Å². The highest BCUT2D eigenvalue weighted by atomic mass is 79.9. The monoisotopic (exact) mass is 337 g/mol. The van der Waals surface area contributed by atoms with E-state index in [1.54, 1.807) is 26.1 Å². The second-order valence-corrected chi connectivity index (χ2v) is 7.64. The van der Waals surface area contributed by atoms with Crippen molar-refractivity contribution in [2.24, 2.45) is 0 Å². The zero-order chi connectivity index (χ0) is 13.9. The van der Waals surface area contributed by atoms with E-state index in [4.69, 9.17) is 0 Å². The van der Waals surface area contributed by atoms with Crippen molar-refractivity contribution < 1.29 is 12.8 Å². The fraction of sp³-hybridized carbons (Fsp3) is 0.500. The summed E-state index contributed by atoms with van der Waals surface area (Å²) in [5, 5.41) is 2.51. The van der Waals surface area contributed by atoms with Crippen LogP contribution in [0.5, 0.6) is 0 Å². The van der Waals surface area contributed by atoms with Crippen LogP contribution in [0.1, 0.15) is 12.5 Å². The molecule has 0 aliphatic heterocycles. The second-order valence-electron chi connectivity index (χ2n) is 4.38. The lowest BCUT2D eigenvalue weighted by atomic mass is 10.0. The van der Waals surface area contributed by atoms with Crippen molar-refractivity contribution in [2.45, 2.75) is 24.6 Å². The number of halogens is 2. The van der Waals surface area contributed by atoms with Crippen LogP contribution < -0.4 is 5.32 Å². The Bertz CT molecular complexity index is 519. The summed E-state index contributed by atoms with van der Waals surface area (Å²) in [4.78, 5) is 0. The lowest BCUT2D eigenvalue weighted by Crippen LogP contribution is -2.41. The van der Waals surface area contributed by atoms with Gasteiger partial charge >= 0.3 is 0 Å². The first-order valence-electron chi connectivity index (χ1n) is 5.55. The highest BCUT2D eigenvalue weighted by Gasteiger charge is 2.24. The minimum atomic E-state index is -3.10. The summed E-state index contributed by atoms with van der Waals surface area (Å²) in [6.07, 6.45) is 1.76. The predicted octanol–water partition coefficient (Wildman–Crippen LogP) is 2.15. The molecule has 102 valence electrons. The van der Waals surface area contributed by atoms with Gasteiger partial charge in [-0.2, -0.15) is 0 Å². The Morgan fingerprint density at radius 3 is 2.50 bits per heavy atom. The molecule has 0 aliphatic carbocycles. The molecule has 2 unspecified atom stereocenters. The van der Waals surface area contributed by atoms with Crippen molar-refractivity contribution >= 4 is 25.8 Å². The Kier molecular flexibility index (Phi) is 5.31. The molecule has 1 rings (SSSR count). The topological polar surface area (TPSA) is 46.2 Å². The Balaban J connectivity index is 2.89. The van der Waals surface area contributed by atoms with Crippen LogP contribution in [0.25, 0.3) is 0 Å². The second kappa shape index (κ2) is 6.12. The fourth-order valence-electron chi connectivity index (χ4n) is 1.72. The van der Waals surface area contributed by atoms with Crippen LogP contribution in [0, 0.1) is 5.82 Å². The van der Waals surface area contributed by atoms with Crippen LogP contribution in [0.3, 0.4) is 0 Å². The maximum Gasteiger partial charge on any atom is 0.151 e. The third-order valence-corrected chi connectivity index (χ3v) is 5.34. The highest BCUT2D eigenvalue weighted by molar-refractivity contribution is 9.10. The summed E-state index contributed by atoms with van der Waals surface area (Å²) < 4.78 is 36.6. The van der Waals surface area contributed by atoms with Gasteiger partial charge < -0.3 is 5.32 Å². The van der Waals surface area contributed by atoms with Crippen molar-refractivity contribution in [1.29, 1.82) is 0 Å². The summed E-state index contributed by atoms with van der Waals surface area (Å²) in [6, 6.07) is 4.52. The molecule has 6 heteroatoms. The molecule has 0 saturated carbocycles. The van der Waals surface area contributed by atoms with Crippen molar-refractivity contribution in [2.75, 3.05) is 13.3 Å². The molecule has 1 N–H and O–H groups in total. The van der Waals surface area contributed by atoms with E-state index in [1.807, 2.05) is 0 Å². The van der Waals surface area contributed by atoms with Crippen molar-refractivity contribution in [1.82, 2.24) is 5.32 Å². The first-order valence-corrected chi connectivity index (χ1v) is 8.30. The van der Waals surface area contributed by atoms with Gasteiger partial charge in [-0.1, -0.05) is 6.07 Å². The van der Waals surface area contributed by atoms with Crippen molar-refractivity contribution in [3.63, 3.8) is 0 Å². The number of likely N-dealkylation sites (N-methyl/N-ethyl adjacent to an activating group) is 1. The first-order chi connectivity index (χ1) is 8.25. The Morgan fingerprint density at radius 1 is 1.44 bits per heavy atom. The molecule has 3 nitrogen and oxygen atoms in total. The average Bonchev–Trinajstić information content (AvgIpc) is 2.28. The molecular formula is C12H17BrFNO2S. The summed E-state index contributed by atoms with van der Waals surface area (Å²) in [5.74, 6) is -0.323. The molecule has 1 aromatic carbocycles. The highest BCUT2D eigenvalue weighted by Crippen LogP contribution is 2.19. The van der Waals surface area contributed by atoms with Gasteiger partial charge in [-0.25, -0.2) is 12.8 Å². The molecule has 0 spiro atoms. The zero-order valence-electron chi connectivity index (χ0n) is 10.6. The molecule has 0 fully saturated rings. The van der Waals surface area contributed by atoms with E-state index in [9.17, 15) is 12.8 Å². The van der Waals surface area contributed by atoms with Gasteiger partial charge in [0.2, 0.25) is 0 Å². The molecule has 0 amide bonds. The quantitative estimate of drug-likeness (QED) is 0.895. The van der Waals surface area contributed by atoms with Gasteiger partial charge in [-0.05, 0) is 54.0 Å². The Hall–Kier alpha value is -0.460. The van der Waals surface area contributed by atoms with E-state index in [1.165, 1.54) is 12.3 Å². The first kappa shape index (κ1) is 15.6. The van der Waals surface area contributed by atoms with Crippen LogP contribution >= 0.6 is 15.9 Å². The predicted molar refractivity (Wildman–Crippen MR) is 75.0 cm³/mol. The third-order valence-electron chi connectivity index (χ3n) is 3.05. The van der Waals surface area contributed by atoms with Crippen molar-refractivity contribution in [3.05, 3.63) is 34.1 Å². The van der Waals surface area contributed by atoms with E-state index in [2.05, 4.69) is 21.2 Å². The maximum absolute atomic E-state index is 13.1. The summed E-state index contributed by atoms with van der Waals surface area (Å²) in [7, 11) is -1.37. The lowest BCUT2D eigenvalue weighted by molar-refractivity contribution is 0.516. The Morgan fingerprint density at radius 2 is 2.06 bits per heavy atom. The summed E-state index contributed by atoms with van der Waals surface area (Å²) in [5.41, 5.74) is 0.887. The van der Waals surface area contributed by atoms with Gasteiger partial charge in [0.25, 0.3) is 0 Å². The summed E-state index contributed by atoms with van der Waals surface area (Å²) >= 11 is 3.12. The number of sulfone groups is 1. The molecule has 1 aromatic rings. The van der Waals surface area contributed by atoms with E-state index < -0.39 is 15.1 Å². The number of benzene rings is 1. The van der Waals surface area contributed by atoms with Gasteiger partial charge in [-0.15, -0.1) is 0 Å². The average molecular weight is 338 g/mol. The molecule has 2 atom stereocenters. The number of hydrogen-bond donors (Lipinski definition) is 1. The molecular weight excluding hydrogens is 321 g/mol. The molecule has 0 aliphatic rings. The summed E-state index contributed by atoms with van der Waals surface area (Å²) in [6.45, 7) is 1.68. The van der Waals surface area contributed by atoms with E-state index >= 15 is 0 Å². The van der Waals surface area contributed by atoms with E-state index in [0.717, 1.165) is 5.56 Å². The zero-order valence-corrected chi connectivity index (χ0v) is 13.0. The maximum atomic E-state index is 13.1. The van der Waals surface area contributed by atoms with Crippen LogP contribution in [0.15, 0.2) is 22.7 Å². The molecule has 0 aromatic heterocycles. The van der Waals surface area contributed by atoms with E-state index in [-0.39, 0.29) is 11.9 Å². The van der Waals surface area contributed by atoms with Crippen LogP contribution in [0.2, 0.25) is 0 Å². The van der Waals surface area contributed by atoms with Crippen molar-refractivity contribution in [3.8, 4) is 0 Å². The largest absolute Gasteiger partial charge is 0.315 e. The third kappa shape index (κ3) is 4.03. The fourth-order valence-corrected chi connectivity index (χ4v) is 2.98. The molecule has 0 heterocycles. The standard InChI is InChI=1S/C12H17BrFNO2S/c1-8(18(3,16)17)12(15-2)7-9-4-5-11(14)10(13)6-9/h4-6,8,12,15H,7H2,1-3H3. The van der Waals surface area contributed by atoms with Crippen LogP contribution in [0.4, 0.5) is 4.39 Å². The molecule has 0 radical (unpaired) electrons. The SMILES string of the molecule is CNC(Cc1ccc(F)c(Br)c1)C(C)S(C)(=O)=O. The lowest BCUT2D eigenvalue weighted by Gasteiger charge is -2.22. The smallest absolute Gasteiger partial charge is 0.151 e. The molecule has 0 saturated heterocycles. The van der Waals surface area contributed by atoms with Gasteiger partial charge in [-0.3, -0.25) is 0 Å².